The van der Waals surface area contributed by atoms with Crippen LogP contribution < -0.4 is 4.74 Å². The Morgan fingerprint density at radius 2 is 1.85 bits per heavy atom. The van der Waals surface area contributed by atoms with Crippen LogP contribution in [0.25, 0.3) is 44.7 Å². The highest BCUT2D eigenvalue weighted by Crippen LogP contribution is 2.35. The predicted octanol–water partition coefficient (Wildman–Crippen LogP) is 5.29. The monoisotopic (exact) mass is 556 g/mol. The molecule has 0 spiro atoms. The largest absolute Gasteiger partial charge is 0.478 e. The van der Waals surface area contributed by atoms with Crippen LogP contribution >= 0.6 is 0 Å². The number of rotatable bonds is 9. The number of hydrogen-bond acceptors (Lipinski definition) is 7. The van der Waals surface area contributed by atoms with Crippen LogP contribution in [0.15, 0.2) is 73.1 Å². The molecule has 0 saturated heterocycles. The molecule has 3 aromatic carbocycles. The lowest BCUT2D eigenvalue weighted by atomic mass is 9.94. The van der Waals surface area contributed by atoms with Crippen LogP contribution in [0.3, 0.4) is 0 Å². The molecule has 0 aliphatic carbocycles. The number of aromatic amines is 1. The van der Waals surface area contributed by atoms with Gasteiger partial charge in [0.1, 0.15) is 0 Å². The summed E-state index contributed by atoms with van der Waals surface area (Å²) in [5.41, 5.74) is 5.52. The Hall–Kier alpha value is -5.46. The van der Waals surface area contributed by atoms with Crippen LogP contribution in [-0.4, -0.2) is 57.6 Å². The summed E-state index contributed by atoms with van der Waals surface area (Å²) in [5, 5.41) is 27.9. The molecule has 2 N–H and O–H groups in total. The topological polar surface area (TPSA) is 137 Å². The SMILES string of the molecule is CCOc1nc2cccc(C(=O)O)c2n1Cc1ccc(-c2cc(-c3cnn(C(F)F)c3)ccc2-c2nn[nH]n2)cc1. The molecule has 0 aliphatic rings. The van der Waals surface area contributed by atoms with Crippen molar-refractivity contribution in [3.05, 3.63) is 84.2 Å². The molecule has 0 bridgehead atoms. The maximum atomic E-state index is 13.1. The normalized spacial score (nSPS) is 11.4. The van der Waals surface area contributed by atoms with Crippen LogP contribution in [0.1, 0.15) is 29.4 Å². The van der Waals surface area contributed by atoms with E-state index in [0.717, 1.165) is 16.7 Å². The molecule has 206 valence electrons. The number of aromatic carboxylic acids is 1. The Morgan fingerprint density at radius 3 is 2.54 bits per heavy atom. The van der Waals surface area contributed by atoms with E-state index in [0.29, 0.717) is 57.4 Å². The number of imidazole rings is 1. The lowest BCUT2D eigenvalue weighted by molar-refractivity contribution is 0.0566. The molecule has 0 aliphatic heterocycles. The Kier molecular flexibility index (Phi) is 6.67. The number of carboxylic acids is 1. The minimum absolute atomic E-state index is 0.134. The average molecular weight is 557 g/mol. The van der Waals surface area contributed by atoms with Gasteiger partial charge in [0.2, 0.25) is 5.82 Å². The van der Waals surface area contributed by atoms with Gasteiger partial charge >= 0.3 is 12.5 Å². The van der Waals surface area contributed by atoms with E-state index in [4.69, 9.17) is 4.74 Å². The van der Waals surface area contributed by atoms with Crippen molar-refractivity contribution in [1.82, 2.24) is 40.0 Å². The van der Waals surface area contributed by atoms with Crippen molar-refractivity contribution >= 4 is 17.0 Å². The number of carboxylic acid groups (broad SMARTS) is 1. The van der Waals surface area contributed by atoms with Gasteiger partial charge in [-0.1, -0.05) is 36.4 Å². The quantitative estimate of drug-likeness (QED) is 0.245. The summed E-state index contributed by atoms with van der Waals surface area (Å²) in [6, 6.07) is 18.4. The van der Waals surface area contributed by atoms with Crippen molar-refractivity contribution in [2.75, 3.05) is 6.61 Å². The number of H-pyrrole nitrogens is 1. The summed E-state index contributed by atoms with van der Waals surface area (Å²) in [7, 11) is 0. The molecule has 0 saturated carbocycles. The van der Waals surface area contributed by atoms with Crippen molar-refractivity contribution in [2.45, 2.75) is 20.0 Å². The van der Waals surface area contributed by atoms with Crippen LogP contribution in [0.4, 0.5) is 8.78 Å². The number of benzene rings is 3. The highest BCUT2D eigenvalue weighted by molar-refractivity contribution is 6.01. The molecule has 0 fully saturated rings. The summed E-state index contributed by atoms with van der Waals surface area (Å²) >= 11 is 0. The first-order valence-corrected chi connectivity index (χ1v) is 12.6. The molecule has 6 rings (SSSR count). The number of fused-ring (bicyclic) bond motifs is 1. The number of hydrogen-bond donors (Lipinski definition) is 2. The van der Waals surface area contributed by atoms with E-state index in [2.05, 4.69) is 30.7 Å². The van der Waals surface area contributed by atoms with E-state index in [9.17, 15) is 18.7 Å². The van der Waals surface area contributed by atoms with Gasteiger partial charge in [-0.2, -0.15) is 24.1 Å². The van der Waals surface area contributed by atoms with E-state index in [1.165, 1.54) is 12.4 Å². The number of tetrazole rings is 1. The second kappa shape index (κ2) is 10.6. The second-order valence-corrected chi connectivity index (χ2v) is 9.07. The highest BCUT2D eigenvalue weighted by Gasteiger charge is 2.19. The first-order valence-electron chi connectivity index (χ1n) is 12.6. The summed E-state index contributed by atoms with van der Waals surface area (Å²) in [6.45, 7) is -0.210. The molecular weight excluding hydrogens is 534 g/mol. The maximum absolute atomic E-state index is 13.1. The molecule has 3 aromatic heterocycles. The number of nitrogens with zero attached hydrogens (tertiary/aromatic N) is 7. The number of carbonyl (C=O) groups is 1. The third-order valence-electron chi connectivity index (χ3n) is 6.58. The number of halogens is 2. The third-order valence-corrected chi connectivity index (χ3v) is 6.58. The van der Waals surface area contributed by atoms with Crippen LogP contribution in [-0.2, 0) is 6.54 Å². The summed E-state index contributed by atoms with van der Waals surface area (Å²) in [6.07, 6.45) is 2.68. The fourth-order valence-electron chi connectivity index (χ4n) is 4.72. The van der Waals surface area contributed by atoms with Crippen LogP contribution in [0.5, 0.6) is 6.01 Å². The second-order valence-electron chi connectivity index (χ2n) is 9.07. The number of alkyl halides is 2. The minimum Gasteiger partial charge on any atom is -0.478 e. The van der Waals surface area contributed by atoms with Gasteiger partial charge in [0.05, 0.1) is 35.9 Å². The Labute approximate surface area is 231 Å². The number of nitrogens with one attached hydrogen (secondary N) is 1. The predicted molar refractivity (Wildman–Crippen MR) is 144 cm³/mol. The van der Waals surface area contributed by atoms with Crippen LogP contribution in [0.2, 0.25) is 0 Å². The molecule has 0 atom stereocenters. The zero-order valence-electron chi connectivity index (χ0n) is 21.6. The Morgan fingerprint density at radius 1 is 1.05 bits per heavy atom. The van der Waals surface area contributed by atoms with Gasteiger partial charge in [0.15, 0.2) is 0 Å². The Balaban J connectivity index is 1.39. The van der Waals surface area contributed by atoms with Crippen molar-refractivity contribution in [1.29, 1.82) is 0 Å². The molecule has 41 heavy (non-hydrogen) atoms. The summed E-state index contributed by atoms with van der Waals surface area (Å²) in [4.78, 5) is 16.4. The van der Waals surface area contributed by atoms with Gasteiger partial charge < -0.3 is 9.84 Å². The number of ether oxygens (including phenoxy) is 1. The third kappa shape index (κ3) is 4.88. The standard InChI is InChI=1S/C28H22F2N8O3/c1-2-41-28-32-23-5-3-4-21(26(39)40)24(23)37(28)14-16-6-8-17(9-7-16)22-12-18(19-13-31-38(15-19)27(29)30)10-11-20(22)25-33-35-36-34-25/h3-13,15,27H,2,14H2,1H3,(H,39,40)(H,33,34,35,36). The zero-order valence-corrected chi connectivity index (χ0v) is 21.6. The van der Waals surface area contributed by atoms with E-state index in [-0.39, 0.29) is 5.56 Å². The molecule has 3 heterocycles. The van der Waals surface area contributed by atoms with Crippen LogP contribution in [0, 0.1) is 0 Å². The van der Waals surface area contributed by atoms with Gasteiger partial charge in [0.25, 0.3) is 6.01 Å². The van der Waals surface area contributed by atoms with Crippen molar-refractivity contribution in [3.63, 3.8) is 0 Å². The number of para-hydroxylation sites is 1. The van der Waals surface area contributed by atoms with Gasteiger partial charge in [-0.3, -0.25) is 4.57 Å². The van der Waals surface area contributed by atoms with Gasteiger partial charge in [-0.15, -0.1) is 10.2 Å². The first-order chi connectivity index (χ1) is 19.9. The molecular formula is C28H22F2N8O3. The molecule has 13 heteroatoms. The fourth-order valence-corrected chi connectivity index (χ4v) is 4.72. The molecule has 0 amide bonds. The van der Waals surface area contributed by atoms with E-state index < -0.39 is 12.5 Å². The van der Waals surface area contributed by atoms with Crippen molar-refractivity contribution in [2.24, 2.45) is 0 Å². The van der Waals surface area contributed by atoms with Gasteiger partial charge in [0, 0.05) is 17.3 Å². The number of aromatic nitrogens is 8. The van der Waals surface area contributed by atoms with Gasteiger partial charge in [-0.05, 0) is 58.7 Å². The van der Waals surface area contributed by atoms with Crippen molar-refractivity contribution < 1.29 is 23.4 Å². The molecule has 0 radical (unpaired) electrons. The van der Waals surface area contributed by atoms with E-state index in [1.807, 2.05) is 43.3 Å². The lowest BCUT2D eigenvalue weighted by Gasteiger charge is -2.13. The molecule has 11 nitrogen and oxygen atoms in total. The van der Waals surface area contributed by atoms with Gasteiger partial charge in [-0.25, -0.2) is 9.48 Å². The first kappa shape index (κ1) is 25.8. The van der Waals surface area contributed by atoms with E-state index in [1.54, 1.807) is 28.8 Å². The molecule has 6 aromatic rings. The lowest BCUT2D eigenvalue weighted by Crippen LogP contribution is -2.08. The summed E-state index contributed by atoms with van der Waals surface area (Å²) < 4.78 is 34.3. The molecule has 0 unspecified atom stereocenters. The smallest absolute Gasteiger partial charge is 0.337 e. The minimum atomic E-state index is -2.74. The maximum Gasteiger partial charge on any atom is 0.337 e. The zero-order chi connectivity index (χ0) is 28.5. The highest BCUT2D eigenvalue weighted by atomic mass is 19.3. The average Bonchev–Trinajstić information content (AvgIpc) is 3.74. The van der Waals surface area contributed by atoms with Crippen molar-refractivity contribution in [3.8, 4) is 39.7 Å². The fraction of sp³-hybridized carbons (Fsp3) is 0.143. The Bertz CT molecular complexity index is 1850. The van der Waals surface area contributed by atoms with E-state index >= 15 is 0 Å². The summed E-state index contributed by atoms with van der Waals surface area (Å²) in [5.74, 6) is -0.672.